The molecule has 1 atom stereocenters. The molecular formula is C15H25N3O3. The third-order valence-electron chi connectivity index (χ3n) is 4.90. The number of methoxy groups -OCH3 is 1. The fourth-order valence-corrected chi connectivity index (χ4v) is 3.74. The summed E-state index contributed by atoms with van der Waals surface area (Å²) in [6, 6.07) is 0. The van der Waals surface area contributed by atoms with Gasteiger partial charge in [0.15, 0.2) is 0 Å². The van der Waals surface area contributed by atoms with Gasteiger partial charge in [0.1, 0.15) is 5.60 Å². The Bertz CT molecular complexity index is 484. The molecule has 2 heterocycles. The first kappa shape index (κ1) is 14.9. The second kappa shape index (κ2) is 5.66. The highest BCUT2D eigenvalue weighted by Gasteiger charge is 2.41. The molecule has 6 heteroatoms. The van der Waals surface area contributed by atoms with Crippen LogP contribution in [0.25, 0.3) is 0 Å². The lowest BCUT2D eigenvalue weighted by molar-refractivity contribution is -0.0274. The SMILES string of the molecule is COC1(c2noc(CC3(O)CCCN(C)C3)n2)CCCC1. The van der Waals surface area contributed by atoms with Gasteiger partial charge in [-0.2, -0.15) is 4.98 Å². The van der Waals surface area contributed by atoms with E-state index < -0.39 is 5.60 Å². The largest absolute Gasteiger partial charge is 0.388 e. The van der Waals surface area contributed by atoms with Gasteiger partial charge < -0.3 is 19.3 Å². The topological polar surface area (TPSA) is 71.6 Å². The zero-order valence-electron chi connectivity index (χ0n) is 13.0. The minimum Gasteiger partial charge on any atom is -0.388 e. The first-order valence-electron chi connectivity index (χ1n) is 7.84. The molecule has 0 amide bonds. The quantitative estimate of drug-likeness (QED) is 0.907. The van der Waals surface area contributed by atoms with Gasteiger partial charge in [-0.3, -0.25) is 0 Å². The number of hydrogen-bond donors (Lipinski definition) is 1. The standard InChI is InChI=1S/C15H25N3O3/c1-18-9-5-6-14(19,11-18)10-12-16-13(17-21-12)15(20-2)7-3-4-8-15/h19H,3-11H2,1-2H3. The van der Waals surface area contributed by atoms with Crippen LogP contribution in [-0.4, -0.2) is 53.0 Å². The molecule has 1 aromatic heterocycles. The molecule has 118 valence electrons. The molecular weight excluding hydrogens is 270 g/mol. The lowest BCUT2D eigenvalue weighted by atomic mass is 9.90. The Labute approximate surface area is 125 Å². The van der Waals surface area contributed by atoms with Gasteiger partial charge in [0.05, 0.1) is 12.0 Å². The average molecular weight is 295 g/mol. The van der Waals surface area contributed by atoms with E-state index in [1.54, 1.807) is 7.11 Å². The Morgan fingerprint density at radius 1 is 1.29 bits per heavy atom. The molecule has 0 bridgehead atoms. The van der Waals surface area contributed by atoms with Crippen molar-refractivity contribution in [3.63, 3.8) is 0 Å². The van der Waals surface area contributed by atoms with Crippen molar-refractivity contribution in [2.75, 3.05) is 27.2 Å². The molecule has 2 aliphatic rings. The van der Waals surface area contributed by atoms with Crippen LogP contribution in [-0.2, 0) is 16.8 Å². The summed E-state index contributed by atoms with van der Waals surface area (Å²) in [5, 5.41) is 14.8. The first-order valence-corrected chi connectivity index (χ1v) is 7.84. The van der Waals surface area contributed by atoms with Gasteiger partial charge in [-0.15, -0.1) is 0 Å². The van der Waals surface area contributed by atoms with Gasteiger partial charge in [0.2, 0.25) is 11.7 Å². The van der Waals surface area contributed by atoms with Crippen molar-refractivity contribution in [3.05, 3.63) is 11.7 Å². The summed E-state index contributed by atoms with van der Waals surface area (Å²) < 4.78 is 11.1. The molecule has 1 aromatic rings. The van der Waals surface area contributed by atoms with Crippen LogP contribution in [0.15, 0.2) is 4.52 Å². The highest BCUT2D eigenvalue weighted by Crippen LogP contribution is 2.40. The monoisotopic (exact) mass is 295 g/mol. The summed E-state index contributed by atoms with van der Waals surface area (Å²) in [5.74, 6) is 1.16. The van der Waals surface area contributed by atoms with Gasteiger partial charge in [0, 0.05) is 13.7 Å². The molecule has 21 heavy (non-hydrogen) atoms. The second-order valence-corrected chi connectivity index (χ2v) is 6.66. The van der Waals surface area contributed by atoms with Crippen molar-refractivity contribution in [2.24, 2.45) is 0 Å². The van der Waals surface area contributed by atoms with E-state index in [1.807, 2.05) is 7.05 Å². The average Bonchev–Trinajstić information content (AvgIpc) is 3.07. The molecule has 0 spiro atoms. The number of nitrogens with zero attached hydrogens (tertiary/aromatic N) is 3. The molecule has 1 N–H and O–H groups in total. The number of aromatic nitrogens is 2. The Hall–Kier alpha value is -0.980. The van der Waals surface area contributed by atoms with Gasteiger partial charge in [-0.1, -0.05) is 5.16 Å². The summed E-state index contributed by atoms with van der Waals surface area (Å²) >= 11 is 0. The maximum Gasteiger partial charge on any atom is 0.229 e. The van der Waals surface area contributed by atoms with Crippen molar-refractivity contribution in [1.82, 2.24) is 15.0 Å². The normalized spacial score (nSPS) is 29.9. The molecule has 1 saturated carbocycles. The number of ether oxygens (including phenoxy) is 1. The Kier molecular flexibility index (Phi) is 4.03. The number of β-amino-alcohol motifs (C(OH)–C–C–N with tert-alkyl or cyclic N) is 1. The molecule has 6 nitrogen and oxygen atoms in total. The van der Waals surface area contributed by atoms with Crippen LogP contribution in [0.5, 0.6) is 0 Å². The van der Waals surface area contributed by atoms with Crippen molar-refractivity contribution in [3.8, 4) is 0 Å². The highest BCUT2D eigenvalue weighted by atomic mass is 16.5. The predicted molar refractivity (Wildman–Crippen MR) is 76.8 cm³/mol. The van der Waals surface area contributed by atoms with Crippen LogP contribution >= 0.6 is 0 Å². The van der Waals surface area contributed by atoms with Crippen LogP contribution in [0, 0.1) is 0 Å². The van der Waals surface area contributed by atoms with Gasteiger partial charge in [-0.25, -0.2) is 0 Å². The zero-order chi connectivity index (χ0) is 14.9. The molecule has 1 aliphatic heterocycles. The van der Waals surface area contributed by atoms with Gasteiger partial charge in [0.25, 0.3) is 0 Å². The van der Waals surface area contributed by atoms with E-state index in [0.717, 1.165) is 45.1 Å². The van der Waals surface area contributed by atoms with E-state index in [1.165, 1.54) is 0 Å². The molecule has 0 radical (unpaired) electrons. The smallest absolute Gasteiger partial charge is 0.229 e. The second-order valence-electron chi connectivity index (χ2n) is 6.66. The maximum absolute atomic E-state index is 10.7. The zero-order valence-corrected chi connectivity index (χ0v) is 13.0. The number of rotatable bonds is 4. The molecule has 1 aliphatic carbocycles. The number of piperidine rings is 1. The van der Waals surface area contributed by atoms with Crippen LogP contribution in [0.1, 0.15) is 50.2 Å². The fraction of sp³-hybridized carbons (Fsp3) is 0.867. The fourth-order valence-electron chi connectivity index (χ4n) is 3.74. The summed E-state index contributed by atoms with van der Waals surface area (Å²) in [5.41, 5.74) is -1.14. The number of likely N-dealkylation sites (N-methyl/N-ethyl adjacent to an activating group) is 1. The molecule has 0 aromatic carbocycles. The maximum atomic E-state index is 10.7. The van der Waals surface area contributed by atoms with E-state index >= 15 is 0 Å². The van der Waals surface area contributed by atoms with Gasteiger partial charge in [-0.05, 0) is 52.1 Å². The van der Waals surface area contributed by atoms with Gasteiger partial charge >= 0.3 is 0 Å². The minimum atomic E-state index is -0.757. The van der Waals surface area contributed by atoms with E-state index in [4.69, 9.17) is 9.26 Å². The molecule has 1 saturated heterocycles. The third-order valence-corrected chi connectivity index (χ3v) is 4.90. The summed E-state index contributed by atoms with van der Waals surface area (Å²) in [6.07, 6.45) is 6.34. The van der Waals surface area contributed by atoms with Crippen molar-refractivity contribution in [2.45, 2.75) is 56.1 Å². The van der Waals surface area contributed by atoms with Crippen molar-refractivity contribution >= 4 is 0 Å². The summed E-state index contributed by atoms with van der Waals surface area (Å²) in [4.78, 5) is 6.67. The van der Waals surface area contributed by atoms with E-state index in [9.17, 15) is 5.11 Å². The predicted octanol–water partition coefficient (Wildman–Crippen LogP) is 1.48. The van der Waals surface area contributed by atoms with Crippen LogP contribution < -0.4 is 0 Å². The number of hydrogen-bond acceptors (Lipinski definition) is 6. The molecule has 2 fully saturated rings. The van der Waals surface area contributed by atoms with E-state index in [2.05, 4.69) is 15.0 Å². The van der Waals surface area contributed by atoms with E-state index in [-0.39, 0.29) is 5.60 Å². The highest BCUT2D eigenvalue weighted by molar-refractivity contribution is 5.06. The number of likely N-dealkylation sites (tertiary alicyclic amines) is 1. The first-order chi connectivity index (χ1) is 10.1. The van der Waals surface area contributed by atoms with Crippen LogP contribution in [0.2, 0.25) is 0 Å². The molecule has 3 rings (SSSR count). The lowest BCUT2D eigenvalue weighted by Gasteiger charge is -2.36. The molecule has 1 unspecified atom stereocenters. The number of aliphatic hydroxyl groups is 1. The van der Waals surface area contributed by atoms with Crippen molar-refractivity contribution in [1.29, 1.82) is 0 Å². The lowest BCUT2D eigenvalue weighted by Crippen LogP contribution is -2.47. The van der Waals surface area contributed by atoms with E-state index in [0.29, 0.717) is 24.7 Å². The third kappa shape index (κ3) is 2.98. The summed E-state index contributed by atoms with van der Waals surface area (Å²) in [7, 11) is 3.74. The van der Waals surface area contributed by atoms with Crippen LogP contribution in [0.4, 0.5) is 0 Å². The Balaban J connectivity index is 1.73. The summed E-state index contributed by atoms with van der Waals surface area (Å²) in [6.45, 7) is 1.68. The van der Waals surface area contributed by atoms with Crippen LogP contribution in [0.3, 0.4) is 0 Å². The Morgan fingerprint density at radius 3 is 2.71 bits per heavy atom. The van der Waals surface area contributed by atoms with Crippen molar-refractivity contribution < 1.29 is 14.4 Å². The minimum absolute atomic E-state index is 0.381. The Morgan fingerprint density at radius 2 is 2.05 bits per heavy atom.